The van der Waals surface area contributed by atoms with Crippen LogP contribution in [-0.2, 0) is 0 Å². The van der Waals surface area contributed by atoms with Gasteiger partial charge in [0.2, 0.25) is 5.95 Å². The first-order valence-corrected chi connectivity index (χ1v) is 9.36. The Morgan fingerprint density at radius 2 is 2.08 bits per heavy atom. The van der Waals surface area contributed by atoms with E-state index in [0.717, 1.165) is 31.6 Å². The molecule has 0 unspecified atom stereocenters. The average molecular weight is 345 g/mol. The molecule has 3 aliphatic carbocycles. The van der Waals surface area contributed by atoms with E-state index in [1.807, 2.05) is 0 Å². The van der Waals surface area contributed by atoms with E-state index in [4.69, 9.17) is 5.73 Å². The monoisotopic (exact) mass is 345 g/mol. The quantitative estimate of drug-likeness (QED) is 0.626. The van der Waals surface area contributed by atoms with Crippen LogP contribution in [0.1, 0.15) is 62.2 Å². The topological polar surface area (TPSA) is 113 Å². The highest BCUT2D eigenvalue weighted by Crippen LogP contribution is 2.55. The number of nitrogens with zero attached hydrogens (tertiary/aromatic N) is 2. The van der Waals surface area contributed by atoms with Gasteiger partial charge in [0, 0.05) is 17.8 Å². The molecule has 0 bridgehead atoms. The first-order valence-electron chi connectivity index (χ1n) is 9.36. The predicted molar refractivity (Wildman–Crippen MR) is 95.3 cm³/mol. The van der Waals surface area contributed by atoms with Gasteiger partial charge in [-0.15, -0.1) is 0 Å². The average Bonchev–Trinajstić information content (AvgIpc) is 3.44. The largest absolute Gasteiger partial charge is 0.393 e. The molecule has 0 saturated heterocycles. The van der Waals surface area contributed by atoms with Gasteiger partial charge in [-0.2, -0.15) is 4.98 Å². The molecule has 3 atom stereocenters. The van der Waals surface area contributed by atoms with Crippen molar-refractivity contribution in [3.8, 4) is 0 Å². The van der Waals surface area contributed by atoms with Crippen molar-refractivity contribution in [2.45, 2.75) is 69.6 Å². The number of hydrogen-bond acceptors (Lipinski definition) is 6. The Morgan fingerprint density at radius 1 is 1.32 bits per heavy atom. The molecule has 7 nitrogen and oxygen atoms in total. The van der Waals surface area contributed by atoms with Crippen LogP contribution >= 0.6 is 0 Å². The van der Waals surface area contributed by atoms with Crippen molar-refractivity contribution in [2.75, 3.05) is 10.6 Å². The molecule has 1 aromatic rings. The van der Waals surface area contributed by atoms with E-state index in [2.05, 4.69) is 27.5 Å². The lowest BCUT2D eigenvalue weighted by atomic mass is 9.85. The molecule has 25 heavy (non-hydrogen) atoms. The third-order valence-corrected chi connectivity index (χ3v) is 6.06. The fraction of sp³-hybridized carbons (Fsp3) is 0.722. The van der Waals surface area contributed by atoms with Gasteiger partial charge in [0.1, 0.15) is 5.82 Å². The molecule has 0 radical (unpaired) electrons. The van der Waals surface area contributed by atoms with Crippen LogP contribution < -0.4 is 16.4 Å². The lowest BCUT2D eigenvalue weighted by molar-refractivity contribution is 0.0739. The maximum atomic E-state index is 11.7. The summed E-state index contributed by atoms with van der Waals surface area (Å²) in [4.78, 5) is 20.6. The zero-order valence-corrected chi connectivity index (χ0v) is 14.7. The molecule has 3 saturated carbocycles. The van der Waals surface area contributed by atoms with Gasteiger partial charge in [-0.25, -0.2) is 4.98 Å². The molecule has 1 amide bonds. The second-order valence-corrected chi connectivity index (χ2v) is 8.07. The number of primary amides is 1. The Hall–Kier alpha value is -1.89. The Kier molecular flexibility index (Phi) is 4.06. The number of anilines is 2. The molecule has 7 heteroatoms. The van der Waals surface area contributed by atoms with Crippen LogP contribution in [0.2, 0.25) is 0 Å². The summed E-state index contributed by atoms with van der Waals surface area (Å²) >= 11 is 0. The SMILES string of the molecule is C[C@@H]1CC[C@@H](Nc2nc(NC3(C4CC4)CC3)ncc2C(N)=O)C[C@H]1O. The van der Waals surface area contributed by atoms with Gasteiger partial charge in [0.05, 0.1) is 11.7 Å². The summed E-state index contributed by atoms with van der Waals surface area (Å²) in [6, 6.07) is 0.0883. The Balaban J connectivity index is 1.52. The van der Waals surface area contributed by atoms with Gasteiger partial charge in [-0.3, -0.25) is 4.79 Å². The smallest absolute Gasteiger partial charge is 0.254 e. The van der Waals surface area contributed by atoms with E-state index in [1.165, 1.54) is 19.0 Å². The molecule has 1 heterocycles. The first-order chi connectivity index (χ1) is 12.0. The molecule has 5 N–H and O–H groups in total. The first kappa shape index (κ1) is 16.6. The van der Waals surface area contributed by atoms with Crippen molar-refractivity contribution in [3.63, 3.8) is 0 Å². The molecule has 136 valence electrons. The van der Waals surface area contributed by atoms with Gasteiger partial charge < -0.3 is 21.5 Å². The van der Waals surface area contributed by atoms with E-state index in [0.29, 0.717) is 29.7 Å². The lowest BCUT2D eigenvalue weighted by Crippen LogP contribution is -2.36. The van der Waals surface area contributed by atoms with Gasteiger partial charge in [0.15, 0.2) is 0 Å². The standard InChI is InChI=1S/C18H27N5O2/c1-10-2-5-12(8-14(10)24)21-16-13(15(19)25)9-20-17(22-16)23-18(6-7-18)11-3-4-11/h9-12,14,24H,2-8H2,1H3,(H2,19,25)(H2,20,21,22,23)/t10-,12-,14-/m1/s1. The van der Waals surface area contributed by atoms with Crippen LogP contribution in [-0.4, -0.2) is 38.7 Å². The minimum Gasteiger partial charge on any atom is -0.393 e. The maximum absolute atomic E-state index is 11.7. The zero-order valence-electron chi connectivity index (χ0n) is 14.7. The zero-order chi connectivity index (χ0) is 17.6. The maximum Gasteiger partial charge on any atom is 0.254 e. The summed E-state index contributed by atoms with van der Waals surface area (Å²) in [5.74, 6) is 1.54. The number of carbonyl (C=O) groups is 1. The number of hydrogen-bond donors (Lipinski definition) is 4. The number of rotatable bonds is 6. The summed E-state index contributed by atoms with van der Waals surface area (Å²) in [7, 11) is 0. The Morgan fingerprint density at radius 3 is 2.68 bits per heavy atom. The Bertz CT molecular complexity index is 671. The third kappa shape index (κ3) is 3.42. The number of nitrogens with one attached hydrogen (secondary N) is 2. The molecular weight excluding hydrogens is 318 g/mol. The number of carbonyl (C=O) groups excluding carboxylic acids is 1. The molecule has 3 aliphatic rings. The highest BCUT2D eigenvalue weighted by molar-refractivity contribution is 5.97. The van der Waals surface area contributed by atoms with Crippen LogP contribution in [0.25, 0.3) is 0 Å². The summed E-state index contributed by atoms with van der Waals surface area (Å²) in [5, 5.41) is 16.9. The summed E-state index contributed by atoms with van der Waals surface area (Å²) < 4.78 is 0. The van der Waals surface area contributed by atoms with Crippen molar-refractivity contribution in [1.29, 1.82) is 0 Å². The molecule has 0 aromatic carbocycles. The molecule has 1 aromatic heterocycles. The van der Waals surface area contributed by atoms with Gasteiger partial charge in [-0.1, -0.05) is 6.92 Å². The molecular formula is C18H27N5O2. The minimum atomic E-state index is -0.540. The van der Waals surface area contributed by atoms with E-state index >= 15 is 0 Å². The molecule has 4 rings (SSSR count). The van der Waals surface area contributed by atoms with Crippen molar-refractivity contribution < 1.29 is 9.90 Å². The summed E-state index contributed by atoms with van der Waals surface area (Å²) in [5.41, 5.74) is 5.96. The number of amides is 1. The third-order valence-electron chi connectivity index (χ3n) is 6.06. The fourth-order valence-electron chi connectivity index (χ4n) is 3.98. The van der Waals surface area contributed by atoms with E-state index in [1.54, 1.807) is 0 Å². The number of aliphatic hydroxyl groups is 1. The van der Waals surface area contributed by atoms with Gasteiger partial charge in [0.25, 0.3) is 5.91 Å². The van der Waals surface area contributed by atoms with Crippen LogP contribution in [0.5, 0.6) is 0 Å². The minimum absolute atomic E-state index is 0.0883. The summed E-state index contributed by atoms with van der Waals surface area (Å²) in [6.07, 6.45) is 8.59. The second-order valence-electron chi connectivity index (χ2n) is 8.07. The molecule has 3 fully saturated rings. The van der Waals surface area contributed by atoms with E-state index < -0.39 is 5.91 Å². The van der Waals surface area contributed by atoms with Crippen molar-refractivity contribution in [2.24, 2.45) is 17.6 Å². The number of aliphatic hydroxyl groups excluding tert-OH is 1. The highest BCUT2D eigenvalue weighted by Gasteiger charge is 2.54. The van der Waals surface area contributed by atoms with Crippen LogP contribution in [0.4, 0.5) is 11.8 Å². The lowest BCUT2D eigenvalue weighted by Gasteiger charge is -2.32. The summed E-state index contributed by atoms with van der Waals surface area (Å²) in [6.45, 7) is 2.06. The second kappa shape index (κ2) is 6.12. The predicted octanol–water partition coefficient (Wildman–Crippen LogP) is 1.89. The fourth-order valence-corrected chi connectivity index (χ4v) is 3.98. The number of aromatic nitrogens is 2. The van der Waals surface area contributed by atoms with E-state index in [9.17, 15) is 9.90 Å². The van der Waals surface area contributed by atoms with Crippen molar-refractivity contribution in [1.82, 2.24) is 9.97 Å². The van der Waals surface area contributed by atoms with Gasteiger partial charge in [-0.05, 0) is 56.8 Å². The van der Waals surface area contributed by atoms with Crippen LogP contribution in [0.15, 0.2) is 6.20 Å². The van der Waals surface area contributed by atoms with Crippen LogP contribution in [0.3, 0.4) is 0 Å². The molecule has 0 aliphatic heterocycles. The van der Waals surface area contributed by atoms with Crippen molar-refractivity contribution >= 4 is 17.7 Å². The number of nitrogens with two attached hydrogens (primary N) is 1. The highest BCUT2D eigenvalue weighted by atomic mass is 16.3. The van der Waals surface area contributed by atoms with Crippen molar-refractivity contribution in [3.05, 3.63) is 11.8 Å². The van der Waals surface area contributed by atoms with E-state index in [-0.39, 0.29) is 17.7 Å². The Labute approximate surface area is 147 Å². The normalized spacial score (nSPS) is 30.6. The van der Waals surface area contributed by atoms with Gasteiger partial charge >= 0.3 is 0 Å². The van der Waals surface area contributed by atoms with Crippen LogP contribution in [0, 0.1) is 11.8 Å². The molecule has 0 spiro atoms.